The van der Waals surface area contributed by atoms with Crippen molar-refractivity contribution < 1.29 is 4.42 Å². The Balaban J connectivity index is 1.06. The average molecular weight is 790 g/mol. The molecule has 1 aliphatic rings. The number of benzene rings is 9. The minimum absolute atomic E-state index is 0.900. The summed E-state index contributed by atoms with van der Waals surface area (Å²) >= 11 is 0. The van der Waals surface area contributed by atoms with Gasteiger partial charge in [0.05, 0.1) is 33.5 Å². The Morgan fingerprint density at radius 3 is 1.29 bits per heavy atom. The molecule has 0 atom stereocenters. The van der Waals surface area contributed by atoms with Crippen LogP contribution in [0.2, 0.25) is 0 Å². The van der Waals surface area contributed by atoms with Crippen molar-refractivity contribution in [3.8, 4) is 61.8 Å². The fourth-order valence-electron chi connectivity index (χ4n) is 10.7. The average Bonchev–Trinajstić information content (AvgIpc) is 4.08. The summed E-state index contributed by atoms with van der Waals surface area (Å²) in [6.07, 6.45) is 0. The van der Waals surface area contributed by atoms with Crippen molar-refractivity contribution in [2.24, 2.45) is 0 Å². The number of para-hydroxylation sites is 5. The molecule has 0 saturated heterocycles. The predicted molar refractivity (Wildman–Crippen MR) is 257 cm³/mol. The van der Waals surface area contributed by atoms with Crippen LogP contribution in [0.3, 0.4) is 0 Å². The third-order valence-electron chi connectivity index (χ3n) is 13.2. The van der Waals surface area contributed by atoms with E-state index in [-0.39, 0.29) is 0 Å². The molecule has 0 unspecified atom stereocenters. The molecule has 0 fully saturated rings. The van der Waals surface area contributed by atoms with Crippen LogP contribution in [-0.2, 0) is 0 Å². The molecule has 0 N–H and O–H groups in total. The third-order valence-corrected chi connectivity index (χ3v) is 13.2. The van der Waals surface area contributed by atoms with E-state index in [0.717, 1.165) is 55.6 Å². The van der Waals surface area contributed by atoms with E-state index in [4.69, 9.17) is 4.42 Å². The highest BCUT2D eigenvalue weighted by Crippen LogP contribution is 2.54. The van der Waals surface area contributed by atoms with Crippen LogP contribution in [0.5, 0.6) is 0 Å². The first-order valence-corrected chi connectivity index (χ1v) is 21.3. The molecule has 13 aromatic rings. The summed E-state index contributed by atoms with van der Waals surface area (Å²) in [6, 6.07) is 77.3. The van der Waals surface area contributed by atoms with Crippen LogP contribution in [0.1, 0.15) is 0 Å². The fraction of sp³-hybridized carbons (Fsp3) is 0. The van der Waals surface area contributed by atoms with Crippen molar-refractivity contribution >= 4 is 65.6 Å². The van der Waals surface area contributed by atoms with Gasteiger partial charge in [0.25, 0.3) is 0 Å². The van der Waals surface area contributed by atoms with Crippen LogP contribution in [0, 0.1) is 0 Å². The number of hydrogen-bond acceptors (Lipinski definition) is 1. The summed E-state index contributed by atoms with van der Waals surface area (Å²) in [7, 11) is 0. The van der Waals surface area contributed by atoms with Gasteiger partial charge in [-0.3, -0.25) is 0 Å². The van der Waals surface area contributed by atoms with E-state index in [1.807, 2.05) is 6.07 Å². The maximum Gasteiger partial charge on any atom is 0.160 e. The Morgan fingerprint density at radius 1 is 0.274 bits per heavy atom. The van der Waals surface area contributed by atoms with Gasteiger partial charge in [0.2, 0.25) is 0 Å². The van der Waals surface area contributed by atoms with Gasteiger partial charge in [-0.2, -0.15) is 0 Å². The summed E-state index contributed by atoms with van der Waals surface area (Å²) in [6.45, 7) is 0. The number of aromatic nitrogens is 3. The molecule has 0 bridgehead atoms. The Kier molecular flexibility index (Phi) is 6.80. The van der Waals surface area contributed by atoms with E-state index in [1.54, 1.807) is 0 Å². The number of furan rings is 1. The first-order chi connectivity index (χ1) is 30.8. The van der Waals surface area contributed by atoms with Gasteiger partial charge in [-0.05, 0) is 77.9 Å². The lowest BCUT2D eigenvalue weighted by atomic mass is 9.84. The molecule has 0 aliphatic heterocycles. The van der Waals surface area contributed by atoms with Crippen molar-refractivity contribution in [2.45, 2.75) is 0 Å². The van der Waals surface area contributed by atoms with Gasteiger partial charge in [-0.25, -0.2) is 0 Å². The van der Waals surface area contributed by atoms with Gasteiger partial charge < -0.3 is 18.1 Å². The van der Waals surface area contributed by atoms with Crippen molar-refractivity contribution in [3.05, 3.63) is 212 Å². The summed E-state index contributed by atoms with van der Waals surface area (Å²) in [5, 5.41) is 7.08. The lowest BCUT2D eigenvalue weighted by Crippen LogP contribution is -2.03. The van der Waals surface area contributed by atoms with Gasteiger partial charge in [0, 0.05) is 71.6 Å². The van der Waals surface area contributed by atoms with Gasteiger partial charge in [-0.1, -0.05) is 146 Å². The Hall–Kier alpha value is -8.34. The van der Waals surface area contributed by atoms with Crippen molar-refractivity contribution in [1.82, 2.24) is 13.7 Å². The van der Waals surface area contributed by atoms with Crippen molar-refractivity contribution in [3.63, 3.8) is 0 Å². The van der Waals surface area contributed by atoms with Gasteiger partial charge >= 0.3 is 0 Å². The zero-order valence-corrected chi connectivity index (χ0v) is 33.5. The van der Waals surface area contributed by atoms with Crippen molar-refractivity contribution in [2.75, 3.05) is 0 Å². The van der Waals surface area contributed by atoms with Crippen LogP contribution in [0.4, 0.5) is 0 Å². The molecule has 288 valence electrons. The molecule has 9 aromatic carbocycles. The normalized spacial score (nSPS) is 12.2. The molecule has 0 amide bonds. The number of fused-ring (bicyclic) bond motifs is 19. The second-order valence-electron chi connectivity index (χ2n) is 16.4. The molecule has 1 aliphatic carbocycles. The summed E-state index contributed by atoms with van der Waals surface area (Å²) < 4.78 is 14.0. The highest BCUT2D eigenvalue weighted by Gasteiger charge is 2.32. The van der Waals surface area contributed by atoms with Gasteiger partial charge in [0.1, 0.15) is 5.58 Å². The molecular weight excluding hydrogens is 755 g/mol. The molecule has 4 heteroatoms. The lowest BCUT2D eigenvalue weighted by molar-refractivity contribution is 0.671. The molecule has 0 saturated carbocycles. The quantitative estimate of drug-likeness (QED) is 0.175. The topological polar surface area (TPSA) is 27.9 Å². The summed E-state index contributed by atoms with van der Waals surface area (Å²) in [5.41, 5.74) is 19.4. The third kappa shape index (κ3) is 4.45. The number of nitrogens with zero attached hydrogens (tertiary/aromatic N) is 3. The summed E-state index contributed by atoms with van der Waals surface area (Å²) in [4.78, 5) is 0. The molecule has 4 nitrogen and oxygen atoms in total. The minimum atomic E-state index is 0.900. The first-order valence-electron chi connectivity index (χ1n) is 21.3. The van der Waals surface area contributed by atoms with E-state index in [2.05, 4.69) is 220 Å². The zero-order chi connectivity index (χ0) is 40.5. The molecule has 4 aromatic heterocycles. The van der Waals surface area contributed by atoms with E-state index in [1.165, 1.54) is 71.8 Å². The predicted octanol–water partition coefficient (Wildman–Crippen LogP) is 15.6. The van der Waals surface area contributed by atoms with E-state index in [0.29, 0.717) is 0 Å². The second-order valence-corrected chi connectivity index (χ2v) is 16.4. The maximum absolute atomic E-state index is 6.69. The highest BCUT2D eigenvalue weighted by molar-refractivity contribution is 6.22. The van der Waals surface area contributed by atoms with E-state index in [9.17, 15) is 0 Å². The molecular formula is C58H35N3O. The fourth-order valence-corrected chi connectivity index (χ4v) is 10.7. The van der Waals surface area contributed by atoms with Crippen LogP contribution in [-0.4, -0.2) is 13.7 Å². The molecule has 0 radical (unpaired) electrons. The lowest BCUT2D eigenvalue weighted by Gasteiger charge is -2.23. The van der Waals surface area contributed by atoms with Gasteiger partial charge in [0.15, 0.2) is 5.58 Å². The first kappa shape index (κ1) is 33.5. The van der Waals surface area contributed by atoms with Crippen LogP contribution in [0.25, 0.3) is 127 Å². The van der Waals surface area contributed by atoms with Crippen LogP contribution >= 0.6 is 0 Å². The largest absolute Gasteiger partial charge is 0.454 e. The Bertz CT molecular complexity index is 3960. The van der Waals surface area contributed by atoms with Crippen LogP contribution in [0.15, 0.2) is 217 Å². The standard InChI is InChI=1S/C58H35N3O/c1-2-16-36(17-3-1)59-50-27-13-9-24-47(50)53-42-21-5-7-23-44(42)56-54(41-20-4-6-22-43(41)55(53)59)48-25-10-14-28-51(48)60(56)37-30-32-38(33-31-37)61-49-26-12-8-18-39(49)45-34-35-46-40-19-11-15-29-52(40)62-58(46)57(45)61/h1-35H. The molecule has 14 rings (SSSR count). The smallest absolute Gasteiger partial charge is 0.160 e. The molecule has 0 spiro atoms. The summed E-state index contributed by atoms with van der Waals surface area (Å²) in [5.74, 6) is 0. The van der Waals surface area contributed by atoms with E-state index >= 15 is 0 Å². The van der Waals surface area contributed by atoms with E-state index < -0.39 is 0 Å². The monoisotopic (exact) mass is 789 g/mol. The van der Waals surface area contributed by atoms with Gasteiger partial charge in [-0.15, -0.1) is 0 Å². The SMILES string of the molecule is c1ccc(-n2c3c(c4ccccc42)-c2ccccc2-c2c(c4ccccc4n2-c2ccc(-n4c5ccccc5c5ccc6c7ccccc7oc6c54)cc2)-c2ccccc2-3)cc1. The van der Waals surface area contributed by atoms with Crippen LogP contribution < -0.4 is 0 Å². The maximum atomic E-state index is 6.69. The highest BCUT2D eigenvalue weighted by atomic mass is 16.3. The Morgan fingerprint density at radius 2 is 0.694 bits per heavy atom. The molecule has 4 heterocycles. The molecule has 62 heavy (non-hydrogen) atoms. The van der Waals surface area contributed by atoms with Crippen molar-refractivity contribution in [1.29, 1.82) is 0 Å². The minimum Gasteiger partial charge on any atom is -0.454 e. The second kappa shape index (κ2) is 12.6. The Labute approximate surface area is 356 Å². The zero-order valence-electron chi connectivity index (χ0n) is 33.5. The number of hydrogen-bond donors (Lipinski definition) is 0. The number of rotatable bonds is 3.